The van der Waals surface area contributed by atoms with E-state index in [1.165, 1.54) is 28.8 Å². The second-order valence-electron chi connectivity index (χ2n) is 10.1. The van der Waals surface area contributed by atoms with E-state index >= 15 is 0 Å². The molecule has 0 spiro atoms. The maximum absolute atomic E-state index is 13.1. The SMILES string of the molecule is CC[C@H]1O[C@@H](n2cc(CO[Si](C)(C)C(C)(C)C)c(-n3cncn3)nc2=O)[C@@H](OC(C)=O)C1C. The molecule has 33 heavy (non-hydrogen) atoms. The Morgan fingerprint density at radius 1 is 1.30 bits per heavy atom. The summed E-state index contributed by atoms with van der Waals surface area (Å²) in [5, 5.41) is 4.17. The summed E-state index contributed by atoms with van der Waals surface area (Å²) in [5.41, 5.74) is 0.144. The van der Waals surface area contributed by atoms with Crippen molar-refractivity contribution in [1.29, 1.82) is 0 Å². The quantitative estimate of drug-likeness (QED) is 0.441. The van der Waals surface area contributed by atoms with Gasteiger partial charge in [0.05, 0.1) is 12.7 Å². The van der Waals surface area contributed by atoms with E-state index < -0.39 is 32.3 Å². The fourth-order valence-corrected chi connectivity index (χ4v) is 4.63. The van der Waals surface area contributed by atoms with Gasteiger partial charge in [-0.05, 0) is 24.6 Å². The zero-order valence-electron chi connectivity index (χ0n) is 20.7. The molecule has 0 aliphatic carbocycles. The topological polar surface area (TPSA) is 110 Å². The van der Waals surface area contributed by atoms with E-state index in [0.29, 0.717) is 11.4 Å². The van der Waals surface area contributed by atoms with E-state index in [-0.39, 0.29) is 23.7 Å². The average Bonchev–Trinajstić information content (AvgIpc) is 3.35. The first-order valence-corrected chi connectivity index (χ1v) is 14.2. The summed E-state index contributed by atoms with van der Waals surface area (Å²) < 4.78 is 21.0. The molecule has 3 rings (SSSR count). The maximum atomic E-state index is 13.1. The molecule has 1 fully saturated rings. The molecule has 4 atom stereocenters. The Morgan fingerprint density at radius 3 is 2.55 bits per heavy atom. The molecule has 1 aliphatic rings. The average molecular weight is 478 g/mol. The standard InChI is InChI=1S/C22H35N5O5Si/c1-9-17-14(2)18(31-15(3)28)20(32-17)26-10-16(11-30-33(7,8)22(4,5)6)19(25-21(26)29)27-13-23-12-24-27/h10,12-14,17-18,20H,9,11H2,1-8H3/t14?,17-,18+,20-/m1/s1. The molecule has 0 aromatic carbocycles. The van der Waals surface area contributed by atoms with E-state index in [2.05, 4.69) is 48.9 Å². The van der Waals surface area contributed by atoms with E-state index in [9.17, 15) is 9.59 Å². The van der Waals surface area contributed by atoms with Crippen LogP contribution in [0.15, 0.2) is 23.6 Å². The Hall–Kier alpha value is -2.37. The van der Waals surface area contributed by atoms with Gasteiger partial charge in [0.2, 0.25) is 0 Å². The van der Waals surface area contributed by atoms with Crippen LogP contribution in [0.5, 0.6) is 0 Å². The molecular weight excluding hydrogens is 442 g/mol. The number of esters is 1. The Labute approximate surface area is 195 Å². The third kappa shape index (κ3) is 5.25. The highest BCUT2D eigenvalue weighted by Gasteiger charge is 2.45. The molecular formula is C22H35N5O5Si. The van der Waals surface area contributed by atoms with Gasteiger partial charge in [0.1, 0.15) is 12.7 Å². The minimum absolute atomic E-state index is 0.0149. The smallest absolute Gasteiger partial charge is 0.351 e. The lowest BCUT2D eigenvalue weighted by Gasteiger charge is -2.36. The molecule has 1 aliphatic heterocycles. The molecule has 182 valence electrons. The number of hydrogen-bond donors (Lipinski definition) is 0. The van der Waals surface area contributed by atoms with Crippen LogP contribution in [-0.2, 0) is 25.3 Å². The molecule has 2 aromatic heterocycles. The van der Waals surface area contributed by atoms with Crippen LogP contribution in [0.1, 0.15) is 59.8 Å². The van der Waals surface area contributed by atoms with Crippen molar-refractivity contribution in [3.63, 3.8) is 0 Å². The minimum atomic E-state index is -2.08. The Kier molecular flexibility index (Phi) is 7.25. The van der Waals surface area contributed by atoms with Crippen molar-refractivity contribution in [1.82, 2.24) is 24.3 Å². The molecule has 0 amide bonds. The third-order valence-electron chi connectivity index (χ3n) is 6.71. The van der Waals surface area contributed by atoms with Gasteiger partial charge in [-0.3, -0.25) is 9.36 Å². The number of ether oxygens (including phenoxy) is 2. The first kappa shape index (κ1) is 25.3. The lowest BCUT2D eigenvalue weighted by molar-refractivity contribution is -0.153. The van der Waals surface area contributed by atoms with Gasteiger partial charge in [0.15, 0.2) is 26.5 Å². The Balaban J connectivity index is 2.05. The summed E-state index contributed by atoms with van der Waals surface area (Å²) >= 11 is 0. The molecule has 0 radical (unpaired) electrons. The van der Waals surface area contributed by atoms with Crippen molar-refractivity contribution >= 4 is 14.3 Å². The van der Waals surface area contributed by atoms with Crippen molar-refractivity contribution in [3.8, 4) is 5.82 Å². The van der Waals surface area contributed by atoms with Crippen molar-refractivity contribution in [2.45, 2.75) is 91.1 Å². The monoisotopic (exact) mass is 477 g/mol. The van der Waals surface area contributed by atoms with Gasteiger partial charge in [-0.25, -0.2) is 14.5 Å². The summed E-state index contributed by atoms with van der Waals surface area (Å²) in [6.07, 6.45) is 3.78. The molecule has 1 unspecified atom stereocenters. The number of nitrogens with zero attached hydrogens (tertiary/aromatic N) is 5. The van der Waals surface area contributed by atoms with Crippen molar-refractivity contribution in [3.05, 3.63) is 34.9 Å². The van der Waals surface area contributed by atoms with Gasteiger partial charge in [-0.2, -0.15) is 10.1 Å². The first-order chi connectivity index (χ1) is 15.4. The number of rotatable bonds is 7. The Bertz CT molecular complexity index is 1030. The molecule has 0 saturated carbocycles. The minimum Gasteiger partial charge on any atom is -0.457 e. The highest BCUT2D eigenvalue weighted by Crippen LogP contribution is 2.38. The van der Waals surface area contributed by atoms with Crippen molar-refractivity contribution in [2.24, 2.45) is 5.92 Å². The highest BCUT2D eigenvalue weighted by molar-refractivity contribution is 6.74. The van der Waals surface area contributed by atoms with E-state index in [1.807, 2.05) is 13.8 Å². The van der Waals surface area contributed by atoms with Crippen LogP contribution >= 0.6 is 0 Å². The van der Waals surface area contributed by atoms with Gasteiger partial charge in [0.25, 0.3) is 0 Å². The van der Waals surface area contributed by atoms with Crippen LogP contribution in [0.2, 0.25) is 18.1 Å². The van der Waals surface area contributed by atoms with Crippen molar-refractivity contribution < 1.29 is 18.7 Å². The fraction of sp³-hybridized carbons (Fsp3) is 0.682. The van der Waals surface area contributed by atoms with Gasteiger partial charge >= 0.3 is 11.7 Å². The molecule has 0 bridgehead atoms. The van der Waals surface area contributed by atoms with Crippen LogP contribution in [0, 0.1) is 5.92 Å². The predicted molar refractivity (Wildman–Crippen MR) is 124 cm³/mol. The zero-order valence-corrected chi connectivity index (χ0v) is 21.7. The molecule has 10 nitrogen and oxygen atoms in total. The molecule has 11 heteroatoms. The van der Waals surface area contributed by atoms with Gasteiger partial charge < -0.3 is 13.9 Å². The van der Waals surface area contributed by atoms with Crippen LogP contribution in [-0.4, -0.2) is 50.8 Å². The maximum Gasteiger partial charge on any atom is 0.351 e. The van der Waals surface area contributed by atoms with E-state index in [4.69, 9.17) is 13.9 Å². The number of carbonyl (C=O) groups excluding carboxylic acids is 1. The largest absolute Gasteiger partial charge is 0.457 e. The normalized spacial score (nSPS) is 23.6. The van der Waals surface area contributed by atoms with Gasteiger partial charge in [0, 0.05) is 24.6 Å². The van der Waals surface area contributed by atoms with E-state index in [0.717, 1.165) is 6.42 Å². The number of aromatic nitrogens is 5. The predicted octanol–water partition coefficient (Wildman–Crippen LogP) is 3.22. The summed E-state index contributed by atoms with van der Waals surface area (Å²) in [6, 6.07) is 0. The molecule has 1 saturated heterocycles. The van der Waals surface area contributed by atoms with Gasteiger partial charge in [-0.1, -0.05) is 34.6 Å². The second kappa shape index (κ2) is 9.47. The summed E-state index contributed by atoms with van der Waals surface area (Å²) in [4.78, 5) is 33.2. The first-order valence-electron chi connectivity index (χ1n) is 11.3. The van der Waals surface area contributed by atoms with E-state index in [1.54, 1.807) is 6.20 Å². The lowest BCUT2D eigenvalue weighted by atomic mass is 9.98. The lowest BCUT2D eigenvalue weighted by Crippen LogP contribution is -2.41. The molecule has 0 N–H and O–H groups in total. The third-order valence-corrected chi connectivity index (χ3v) is 11.2. The molecule has 2 aromatic rings. The van der Waals surface area contributed by atoms with Crippen LogP contribution in [0.3, 0.4) is 0 Å². The van der Waals surface area contributed by atoms with Gasteiger partial charge in [-0.15, -0.1) is 0 Å². The van der Waals surface area contributed by atoms with Crippen LogP contribution in [0.25, 0.3) is 5.82 Å². The summed E-state index contributed by atoms with van der Waals surface area (Å²) in [7, 11) is -2.08. The van der Waals surface area contributed by atoms with Crippen LogP contribution in [0.4, 0.5) is 0 Å². The second-order valence-corrected chi connectivity index (χ2v) is 14.9. The van der Waals surface area contributed by atoms with Crippen LogP contribution < -0.4 is 5.69 Å². The van der Waals surface area contributed by atoms with Crippen molar-refractivity contribution in [2.75, 3.05) is 0 Å². The zero-order chi connectivity index (χ0) is 24.6. The Morgan fingerprint density at radius 2 is 2.00 bits per heavy atom. The summed E-state index contributed by atoms with van der Waals surface area (Å²) in [5.74, 6) is -0.133. The molecule has 3 heterocycles. The number of carbonyl (C=O) groups is 1. The number of hydrogen-bond acceptors (Lipinski definition) is 8. The summed E-state index contributed by atoms with van der Waals surface area (Å²) in [6.45, 7) is 16.4. The highest BCUT2D eigenvalue weighted by atomic mass is 28.4. The fourth-order valence-electron chi connectivity index (χ4n) is 3.68.